The van der Waals surface area contributed by atoms with Crippen molar-refractivity contribution in [2.75, 3.05) is 0 Å². The molecule has 0 amide bonds. The zero-order valence-corrected chi connectivity index (χ0v) is 11.3. The second kappa shape index (κ2) is 4.77. The van der Waals surface area contributed by atoms with Crippen molar-refractivity contribution in [3.8, 4) is 5.82 Å². The van der Waals surface area contributed by atoms with Gasteiger partial charge in [0.15, 0.2) is 5.82 Å². The molecule has 2 N–H and O–H groups in total. The summed E-state index contributed by atoms with van der Waals surface area (Å²) in [7, 11) is 0. The summed E-state index contributed by atoms with van der Waals surface area (Å²) < 4.78 is 1.55. The van der Waals surface area contributed by atoms with Crippen LogP contribution in [0, 0.1) is 6.92 Å². The zero-order valence-electron chi connectivity index (χ0n) is 10.5. The second-order valence-electron chi connectivity index (χ2n) is 4.26. The number of hydrogen-bond donors (Lipinski definition) is 1. The maximum absolute atomic E-state index is 5.47. The van der Waals surface area contributed by atoms with Crippen LogP contribution >= 0.6 is 12.2 Å². The summed E-state index contributed by atoms with van der Waals surface area (Å²) >= 11 is 4.83. The molecule has 2 rings (SSSR count). The number of nitrogens with two attached hydrogens (primary N) is 1. The van der Waals surface area contributed by atoms with Gasteiger partial charge in [0.2, 0.25) is 5.82 Å². The van der Waals surface area contributed by atoms with Gasteiger partial charge in [-0.25, -0.2) is 19.6 Å². The van der Waals surface area contributed by atoms with Gasteiger partial charge in [0, 0.05) is 17.7 Å². The molecule has 0 unspecified atom stereocenters. The van der Waals surface area contributed by atoms with Crippen molar-refractivity contribution in [2.24, 2.45) is 5.73 Å². The Bertz CT molecular complexity index is 589. The van der Waals surface area contributed by atoms with Gasteiger partial charge in [-0.05, 0) is 6.92 Å². The largest absolute Gasteiger partial charge is 0.387 e. The molecule has 2 aromatic heterocycles. The predicted molar refractivity (Wildman–Crippen MR) is 71.7 cm³/mol. The van der Waals surface area contributed by atoms with E-state index in [2.05, 4.69) is 20.1 Å². The quantitative estimate of drug-likeness (QED) is 0.835. The standard InChI is InChI=1S/C11H14N6S/c1-6(2)10-14-7(3)4-8(15-10)17-5-13-11(16-17)9(12)18/h4-6H,1-3H3,(H2,12,18). The molecule has 0 aromatic carbocycles. The molecular formula is C11H14N6S. The monoisotopic (exact) mass is 262 g/mol. The van der Waals surface area contributed by atoms with Crippen molar-refractivity contribution in [3.05, 3.63) is 29.7 Å². The number of aromatic nitrogens is 5. The summed E-state index contributed by atoms with van der Waals surface area (Å²) in [6, 6.07) is 1.84. The highest BCUT2D eigenvalue weighted by Gasteiger charge is 2.10. The maximum Gasteiger partial charge on any atom is 0.208 e. The van der Waals surface area contributed by atoms with E-state index in [0.717, 1.165) is 11.5 Å². The van der Waals surface area contributed by atoms with Crippen LogP contribution in [0.4, 0.5) is 0 Å². The molecule has 0 bridgehead atoms. The molecule has 0 aliphatic carbocycles. The van der Waals surface area contributed by atoms with E-state index in [4.69, 9.17) is 18.0 Å². The lowest BCUT2D eigenvalue weighted by molar-refractivity contribution is 0.737. The van der Waals surface area contributed by atoms with Crippen LogP contribution < -0.4 is 5.73 Å². The van der Waals surface area contributed by atoms with Gasteiger partial charge in [-0.2, -0.15) is 0 Å². The molecule has 0 fully saturated rings. The minimum absolute atomic E-state index is 0.170. The Morgan fingerprint density at radius 1 is 1.39 bits per heavy atom. The molecule has 6 nitrogen and oxygen atoms in total. The Labute approximate surface area is 110 Å². The van der Waals surface area contributed by atoms with Crippen LogP contribution in [-0.4, -0.2) is 29.7 Å². The van der Waals surface area contributed by atoms with E-state index < -0.39 is 0 Å². The molecule has 94 valence electrons. The Hall–Kier alpha value is -1.89. The minimum atomic E-state index is 0.170. The van der Waals surface area contributed by atoms with E-state index in [1.54, 1.807) is 11.0 Å². The number of rotatable bonds is 3. The van der Waals surface area contributed by atoms with E-state index in [1.165, 1.54) is 0 Å². The first-order chi connectivity index (χ1) is 8.47. The van der Waals surface area contributed by atoms with Gasteiger partial charge >= 0.3 is 0 Å². The Morgan fingerprint density at radius 3 is 2.67 bits per heavy atom. The van der Waals surface area contributed by atoms with Gasteiger partial charge in [-0.3, -0.25) is 0 Å². The summed E-state index contributed by atoms with van der Waals surface area (Å²) in [5, 5.41) is 4.17. The summed E-state index contributed by atoms with van der Waals surface area (Å²) in [4.78, 5) is 13.0. The molecule has 0 spiro atoms. The third kappa shape index (κ3) is 2.51. The van der Waals surface area contributed by atoms with E-state index >= 15 is 0 Å². The maximum atomic E-state index is 5.47. The average Bonchev–Trinajstić information content (AvgIpc) is 2.77. The Balaban J connectivity index is 2.46. The van der Waals surface area contributed by atoms with Crippen LogP contribution in [0.15, 0.2) is 12.4 Å². The third-order valence-electron chi connectivity index (χ3n) is 2.32. The molecule has 0 saturated carbocycles. The fourth-order valence-electron chi connectivity index (χ4n) is 1.44. The lowest BCUT2D eigenvalue weighted by Gasteiger charge is -2.07. The van der Waals surface area contributed by atoms with Gasteiger partial charge in [0.1, 0.15) is 17.1 Å². The number of thiocarbonyl (C=S) groups is 1. The van der Waals surface area contributed by atoms with E-state index in [-0.39, 0.29) is 10.9 Å². The molecule has 7 heteroatoms. The van der Waals surface area contributed by atoms with Crippen LogP contribution in [0.3, 0.4) is 0 Å². The first-order valence-electron chi connectivity index (χ1n) is 5.55. The molecule has 0 atom stereocenters. The SMILES string of the molecule is Cc1cc(-n2cnc(C(N)=S)n2)nc(C(C)C)n1. The topological polar surface area (TPSA) is 82.5 Å². The highest BCUT2D eigenvalue weighted by atomic mass is 32.1. The average molecular weight is 262 g/mol. The van der Waals surface area contributed by atoms with Crippen molar-refractivity contribution in [2.45, 2.75) is 26.7 Å². The molecule has 0 aliphatic heterocycles. The molecule has 2 aromatic rings. The fraction of sp³-hybridized carbons (Fsp3) is 0.364. The Morgan fingerprint density at radius 2 is 2.11 bits per heavy atom. The lowest BCUT2D eigenvalue weighted by atomic mass is 10.2. The fourth-order valence-corrected chi connectivity index (χ4v) is 1.53. The smallest absolute Gasteiger partial charge is 0.208 e. The van der Waals surface area contributed by atoms with Crippen molar-refractivity contribution in [1.82, 2.24) is 24.7 Å². The van der Waals surface area contributed by atoms with Crippen LogP contribution in [-0.2, 0) is 0 Å². The molecular weight excluding hydrogens is 248 g/mol. The third-order valence-corrected chi connectivity index (χ3v) is 2.50. The highest BCUT2D eigenvalue weighted by molar-refractivity contribution is 7.80. The van der Waals surface area contributed by atoms with Crippen molar-refractivity contribution < 1.29 is 0 Å². The van der Waals surface area contributed by atoms with E-state index in [0.29, 0.717) is 11.6 Å². The van der Waals surface area contributed by atoms with Gasteiger partial charge in [-0.1, -0.05) is 26.1 Å². The van der Waals surface area contributed by atoms with Crippen LogP contribution in [0.1, 0.15) is 37.1 Å². The van der Waals surface area contributed by atoms with Crippen LogP contribution in [0.2, 0.25) is 0 Å². The van der Waals surface area contributed by atoms with Gasteiger partial charge in [0.05, 0.1) is 0 Å². The van der Waals surface area contributed by atoms with Gasteiger partial charge < -0.3 is 5.73 Å². The van der Waals surface area contributed by atoms with Crippen LogP contribution in [0.25, 0.3) is 5.82 Å². The van der Waals surface area contributed by atoms with Gasteiger partial charge in [0.25, 0.3) is 0 Å². The molecule has 0 saturated heterocycles. The number of nitrogens with zero attached hydrogens (tertiary/aromatic N) is 5. The first kappa shape index (κ1) is 12.6. The molecule has 0 aliphatic rings. The van der Waals surface area contributed by atoms with E-state index in [9.17, 15) is 0 Å². The van der Waals surface area contributed by atoms with Crippen LogP contribution in [0.5, 0.6) is 0 Å². The molecule has 18 heavy (non-hydrogen) atoms. The first-order valence-corrected chi connectivity index (χ1v) is 5.95. The summed E-state index contributed by atoms with van der Waals surface area (Å²) in [5.74, 6) is 2.04. The Kier molecular flexibility index (Phi) is 3.33. The lowest BCUT2D eigenvalue weighted by Crippen LogP contribution is -2.12. The van der Waals surface area contributed by atoms with Gasteiger partial charge in [-0.15, -0.1) is 5.10 Å². The summed E-state index contributed by atoms with van der Waals surface area (Å²) in [6.07, 6.45) is 1.54. The number of aryl methyl sites for hydroxylation is 1. The van der Waals surface area contributed by atoms with Crippen molar-refractivity contribution in [3.63, 3.8) is 0 Å². The zero-order chi connectivity index (χ0) is 13.3. The molecule has 0 radical (unpaired) electrons. The molecule has 2 heterocycles. The predicted octanol–water partition coefficient (Wildman–Crippen LogP) is 1.12. The summed E-state index contributed by atoms with van der Waals surface area (Å²) in [5.41, 5.74) is 6.36. The number of hydrogen-bond acceptors (Lipinski definition) is 5. The minimum Gasteiger partial charge on any atom is -0.387 e. The normalized spacial score (nSPS) is 10.9. The highest BCUT2D eigenvalue weighted by Crippen LogP contribution is 2.12. The second-order valence-corrected chi connectivity index (χ2v) is 4.70. The van der Waals surface area contributed by atoms with Crippen molar-refractivity contribution >= 4 is 17.2 Å². The summed E-state index contributed by atoms with van der Waals surface area (Å²) in [6.45, 7) is 6.00. The van der Waals surface area contributed by atoms with E-state index in [1.807, 2.05) is 26.8 Å². The van der Waals surface area contributed by atoms with Crippen molar-refractivity contribution in [1.29, 1.82) is 0 Å².